The van der Waals surface area contributed by atoms with Gasteiger partial charge in [0, 0.05) is 44.6 Å². The number of rotatable bonds is 5. The van der Waals surface area contributed by atoms with Crippen LogP contribution in [-0.2, 0) is 14.4 Å². The van der Waals surface area contributed by atoms with Crippen LogP contribution in [0.1, 0.15) is 77.0 Å². The monoisotopic (exact) mass is 398 g/mol. The van der Waals surface area contributed by atoms with Gasteiger partial charge in [0.1, 0.15) is 5.78 Å². The van der Waals surface area contributed by atoms with E-state index in [1.165, 1.54) is 18.4 Å². The molecule has 2 fully saturated rings. The average molecular weight is 399 g/mol. The summed E-state index contributed by atoms with van der Waals surface area (Å²) in [5.74, 6) is 1.31. The number of carbonyl (C=O) groups is 3. The summed E-state index contributed by atoms with van der Waals surface area (Å²) in [5, 5.41) is 0. The third-order valence-corrected chi connectivity index (χ3v) is 7.18. The highest BCUT2D eigenvalue weighted by Crippen LogP contribution is 2.34. The molecule has 29 heavy (non-hydrogen) atoms. The predicted octanol–water partition coefficient (Wildman–Crippen LogP) is 3.99. The Balaban J connectivity index is 1.21. The number of likely N-dealkylation sites (tertiary alicyclic amines) is 2. The van der Waals surface area contributed by atoms with Crippen molar-refractivity contribution >= 4 is 17.6 Å². The van der Waals surface area contributed by atoms with E-state index in [0.717, 1.165) is 63.7 Å². The van der Waals surface area contributed by atoms with Gasteiger partial charge in [-0.15, -0.1) is 0 Å². The number of carbonyl (C=O) groups excluding carboxylic acids is 3. The molecule has 5 nitrogen and oxygen atoms in total. The van der Waals surface area contributed by atoms with Gasteiger partial charge in [-0.1, -0.05) is 17.7 Å². The molecule has 2 heterocycles. The van der Waals surface area contributed by atoms with Gasteiger partial charge in [0.25, 0.3) is 0 Å². The summed E-state index contributed by atoms with van der Waals surface area (Å²) in [6, 6.07) is 0. The highest BCUT2D eigenvalue weighted by Gasteiger charge is 2.35. The zero-order chi connectivity index (χ0) is 20.2. The van der Waals surface area contributed by atoms with Gasteiger partial charge in [0.05, 0.1) is 5.92 Å². The topological polar surface area (TPSA) is 57.7 Å². The number of unbranched alkanes of at least 4 members (excludes halogenated alkanes) is 1. The maximum absolute atomic E-state index is 12.7. The summed E-state index contributed by atoms with van der Waals surface area (Å²) in [7, 11) is 0. The first kappa shape index (κ1) is 20.4. The second kappa shape index (κ2) is 9.27. The van der Waals surface area contributed by atoms with Crippen molar-refractivity contribution in [3.05, 3.63) is 23.4 Å². The van der Waals surface area contributed by atoms with E-state index in [1.54, 1.807) is 0 Å². The molecule has 2 unspecified atom stereocenters. The minimum absolute atomic E-state index is 0.0555. The molecule has 0 saturated carbocycles. The lowest BCUT2D eigenvalue weighted by atomic mass is 9.82. The molecule has 2 amide bonds. The van der Waals surface area contributed by atoms with Crippen LogP contribution in [0.4, 0.5) is 0 Å². The predicted molar refractivity (Wildman–Crippen MR) is 112 cm³/mol. The molecule has 158 valence electrons. The number of nitrogens with zero attached hydrogens (tertiary/aromatic N) is 2. The largest absolute Gasteiger partial charge is 0.339 e. The first-order chi connectivity index (χ1) is 14.1. The van der Waals surface area contributed by atoms with E-state index in [9.17, 15) is 14.4 Å². The van der Waals surface area contributed by atoms with Crippen LogP contribution in [0.15, 0.2) is 23.4 Å². The SMILES string of the molecule is O=C1CCN(C(=O)CCCCC(=O)N2CCC3CCCC=C3C2)C2=CCCCC12. The molecule has 0 aromatic rings. The zero-order valence-electron chi connectivity index (χ0n) is 17.5. The van der Waals surface area contributed by atoms with E-state index in [1.807, 2.05) is 9.80 Å². The van der Waals surface area contributed by atoms with Gasteiger partial charge in [0.2, 0.25) is 11.8 Å². The molecule has 0 radical (unpaired) electrons. The van der Waals surface area contributed by atoms with Gasteiger partial charge in [-0.05, 0) is 63.7 Å². The Morgan fingerprint density at radius 2 is 1.69 bits per heavy atom. The van der Waals surface area contributed by atoms with E-state index in [2.05, 4.69) is 12.2 Å². The number of fused-ring (bicyclic) bond motifs is 2. The summed E-state index contributed by atoms with van der Waals surface area (Å²) < 4.78 is 0. The highest BCUT2D eigenvalue weighted by atomic mass is 16.2. The van der Waals surface area contributed by atoms with Crippen molar-refractivity contribution < 1.29 is 14.4 Å². The van der Waals surface area contributed by atoms with Gasteiger partial charge in [0.15, 0.2) is 0 Å². The Bertz CT molecular complexity index is 724. The van der Waals surface area contributed by atoms with Crippen molar-refractivity contribution in [2.75, 3.05) is 19.6 Å². The van der Waals surface area contributed by atoms with Crippen LogP contribution in [-0.4, -0.2) is 47.0 Å². The molecule has 2 saturated heterocycles. The van der Waals surface area contributed by atoms with Crippen molar-refractivity contribution in [2.24, 2.45) is 11.8 Å². The molecular weight excluding hydrogens is 364 g/mol. The normalized spacial score (nSPS) is 27.0. The fourth-order valence-corrected chi connectivity index (χ4v) is 5.48. The van der Waals surface area contributed by atoms with Gasteiger partial charge in [-0.3, -0.25) is 14.4 Å². The Kier molecular flexibility index (Phi) is 6.51. The third-order valence-electron chi connectivity index (χ3n) is 7.18. The first-order valence-electron chi connectivity index (χ1n) is 11.6. The van der Waals surface area contributed by atoms with Gasteiger partial charge < -0.3 is 9.80 Å². The minimum atomic E-state index is -0.0555. The van der Waals surface area contributed by atoms with Crippen LogP contribution in [0.3, 0.4) is 0 Å². The van der Waals surface area contributed by atoms with Crippen LogP contribution in [0.2, 0.25) is 0 Å². The van der Waals surface area contributed by atoms with Crippen molar-refractivity contribution in [3.63, 3.8) is 0 Å². The zero-order valence-corrected chi connectivity index (χ0v) is 17.5. The van der Waals surface area contributed by atoms with Crippen molar-refractivity contribution in [2.45, 2.75) is 77.0 Å². The second-order valence-electron chi connectivity index (χ2n) is 9.09. The lowest BCUT2D eigenvalue weighted by Crippen LogP contribution is -2.43. The van der Waals surface area contributed by atoms with Gasteiger partial charge >= 0.3 is 0 Å². The lowest BCUT2D eigenvalue weighted by Gasteiger charge is -2.37. The summed E-state index contributed by atoms with van der Waals surface area (Å²) in [5.41, 5.74) is 2.43. The lowest BCUT2D eigenvalue weighted by molar-refractivity contribution is -0.135. The Labute approximate surface area is 174 Å². The number of ketones is 1. The number of allylic oxidation sites excluding steroid dienone is 3. The Morgan fingerprint density at radius 3 is 2.55 bits per heavy atom. The van der Waals surface area contributed by atoms with Crippen LogP contribution in [0, 0.1) is 11.8 Å². The smallest absolute Gasteiger partial charge is 0.226 e. The molecule has 2 atom stereocenters. The summed E-state index contributed by atoms with van der Waals surface area (Å²) >= 11 is 0. The van der Waals surface area contributed by atoms with Crippen LogP contribution >= 0.6 is 0 Å². The Morgan fingerprint density at radius 1 is 0.931 bits per heavy atom. The quantitative estimate of drug-likeness (QED) is 0.520. The van der Waals surface area contributed by atoms with E-state index in [-0.39, 0.29) is 17.7 Å². The van der Waals surface area contributed by atoms with Crippen molar-refractivity contribution in [3.8, 4) is 0 Å². The van der Waals surface area contributed by atoms with E-state index in [4.69, 9.17) is 0 Å². The molecule has 0 N–H and O–H groups in total. The molecule has 2 aliphatic heterocycles. The highest BCUT2D eigenvalue weighted by molar-refractivity contribution is 5.89. The molecule has 4 rings (SSSR count). The molecular formula is C24H34N2O3. The number of hydrogen-bond acceptors (Lipinski definition) is 3. The molecule has 5 heteroatoms. The third kappa shape index (κ3) is 4.65. The number of piperidine rings is 2. The fraction of sp³-hybridized carbons (Fsp3) is 0.708. The number of hydrogen-bond donors (Lipinski definition) is 0. The molecule has 0 spiro atoms. The molecule has 0 aromatic heterocycles. The second-order valence-corrected chi connectivity index (χ2v) is 9.09. The summed E-state index contributed by atoms with van der Waals surface area (Å²) in [6.45, 7) is 2.24. The minimum Gasteiger partial charge on any atom is -0.339 e. The van der Waals surface area contributed by atoms with E-state index >= 15 is 0 Å². The van der Waals surface area contributed by atoms with E-state index < -0.39 is 0 Å². The average Bonchev–Trinajstić information content (AvgIpc) is 2.76. The molecule has 2 aliphatic carbocycles. The number of amides is 2. The molecule has 0 aromatic carbocycles. The maximum Gasteiger partial charge on any atom is 0.226 e. The summed E-state index contributed by atoms with van der Waals surface area (Å²) in [4.78, 5) is 41.4. The molecule has 4 aliphatic rings. The molecule has 0 bridgehead atoms. The Hall–Kier alpha value is -1.91. The standard InChI is InChI=1S/C24H34N2O3/c27-22-14-16-26(21-10-4-3-9-20(21)22)24(29)12-6-5-11-23(28)25-15-13-18-7-1-2-8-19(18)17-25/h8,10,18,20H,1-7,9,11-17H2. The van der Waals surface area contributed by atoms with Crippen molar-refractivity contribution in [1.29, 1.82) is 0 Å². The van der Waals surface area contributed by atoms with Gasteiger partial charge in [-0.2, -0.15) is 0 Å². The first-order valence-corrected chi connectivity index (χ1v) is 11.6. The van der Waals surface area contributed by atoms with Crippen LogP contribution < -0.4 is 0 Å². The number of Topliss-reactive ketones (excluding diaryl/α,β-unsaturated/α-hetero) is 1. The van der Waals surface area contributed by atoms with Crippen molar-refractivity contribution in [1.82, 2.24) is 9.80 Å². The summed E-state index contributed by atoms with van der Waals surface area (Å²) in [6.07, 6.45) is 15.2. The fourth-order valence-electron chi connectivity index (χ4n) is 5.48. The van der Waals surface area contributed by atoms with Gasteiger partial charge in [-0.25, -0.2) is 0 Å². The van der Waals surface area contributed by atoms with Crippen LogP contribution in [0.25, 0.3) is 0 Å². The maximum atomic E-state index is 12.7. The van der Waals surface area contributed by atoms with E-state index in [0.29, 0.717) is 37.5 Å². The van der Waals surface area contributed by atoms with Crippen LogP contribution in [0.5, 0.6) is 0 Å².